The number of nitrogens with one attached hydrogen (secondary N) is 2. The van der Waals surface area contributed by atoms with Crippen molar-refractivity contribution in [3.8, 4) is 0 Å². The first-order valence-electron chi connectivity index (χ1n) is 14.7. The number of hydrogen-bond donors (Lipinski definition) is 3. The van der Waals surface area contributed by atoms with E-state index in [4.69, 9.17) is 0 Å². The van der Waals surface area contributed by atoms with Crippen LogP contribution in [0.15, 0.2) is 54.7 Å². The van der Waals surface area contributed by atoms with Crippen molar-refractivity contribution in [2.75, 3.05) is 11.9 Å². The van der Waals surface area contributed by atoms with E-state index in [0.29, 0.717) is 17.2 Å². The molecule has 1 aliphatic heterocycles. The van der Waals surface area contributed by atoms with Crippen LogP contribution in [0.1, 0.15) is 81.8 Å². The molecule has 43 heavy (non-hydrogen) atoms. The molecule has 1 aromatic heterocycles. The van der Waals surface area contributed by atoms with Crippen LogP contribution in [0, 0.1) is 11.2 Å². The summed E-state index contributed by atoms with van der Waals surface area (Å²) < 4.78 is 15.6. The predicted molar refractivity (Wildman–Crippen MR) is 158 cm³/mol. The summed E-state index contributed by atoms with van der Waals surface area (Å²) in [5.41, 5.74) is 1.90. The highest BCUT2D eigenvalue weighted by atomic mass is 19.1. The van der Waals surface area contributed by atoms with Gasteiger partial charge in [-0.3, -0.25) is 14.4 Å². The monoisotopic (exact) mass is 590 g/mol. The number of aromatic nitrogens is 3. The van der Waals surface area contributed by atoms with E-state index < -0.39 is 35.5 Å². The fraction of sp³-hybridized carbons (Fsp3) is 0.469. The summed E-state index contributed by atoms with van der Waals surface area (Å²) in [6.45, 7) is 7.69. The number of β-amino-alcohol motifs (C(OH)–C–C–N with tert-alkyl or cyclic N) is 1. The predicted octanol–water partition coefficient (Wildman–Crippen LogP) is 3.90. The highest BCUT2D eigenvalue weighted by Gasteiger charge is 2.45. The Balaban J connectivity index is 1.26. The molecule has 228 valence electrons. The van der Waals surface area contributed by atoms with Crippen LogP contribution in [0.3, 0.4) is 0 Å². The summed E-state index contributed by atoms with van der Waals surface area (Å²) in [5.74, 6) is -1.08. The molecule has 5 rings (SSSR count). The minimum Gasteiger partial charge on any atom is -0.391 e. The van der Waals surface area contributed by atoms with Crippen LogP contribution in [0.2, 0.25) is 0 Å². The largest absolute Gasteiger partial charge is 0.391 e. The van der Waals surface area contributed by atoms with Gasteiger partial charge in [-0.1, -0.05) is 56.3 Å². The highest BCUT2D eigenvalue weighted by Crippen LogP contribution is 2.40. The van der Waals surface area contributed by atoms with E-state index in [1.165, 1.54) is 11.0 Å². The maximum absolute atomic E-state index is 14.0. The zero-order valence-electron chi connectivity index (χ0n) is 25.0. The second-order valence-electron chi connectivity index (χ2n) is 12.7. The normalized spacial score (nSPS) is 20.0. The molecule has 2 aromatic carbocycles. The van der Waals surface area contributed by atoms with Crippen LogP contribution in [-0.4, -0.2) is 61.4 Å². The summed E-state index contributed by atoms with van der Waals surface area (Å²) in [5, 5.41) is 24.9. The van der Waals surface area contributed by atoms with E-state index in [1.807, 2.05) is 40.0 Å². The lowest BCUT2D eigenvalue weighted by Gasteiger charge is -2.34. The van der Waals surface area contributed by atoms with Gasteiger partial charge in [-0.05, 0) is 54.5 Å². The number of aliphatic hydroxyl groups excluding tert-OH is 1. The number of nitrogens with zero attached hydrogens (tertiary/aromatic N) is 4. The van der Waals surface area contributed by atoms with Gasteiger partial charge in [-0.2, -0.15) is 0 Å². The summed E-state index contributed by atoms with van der Waals surface area (Å²) >= 11 is 0. The van der Waals surface area contributed by atoms with Crippen molar-refractivity contribution in [2.24, 2.45) is 5.41 Å². The lowest BCUT2D eigenvalue weighted by molar-refractivity contribution is -0.144. The third kappa shape index (κ3) is 7.10. The van der Waals surface area contributed by atoms with Gasteiger partial charge in [-0.25, -0.2) is 9.07 Å². The van der Waals surface area contributed by atoms with Crippen LogP contribution < -0.4 is 10.6 Å². The van der Waals surface area contributed by atoms with Crippen LogP contribution in [0.4, 0.5) is 10.1 Å². The molecule has 2 fully saturated rings. The standard InChI is InChI=1S/C32H39FN6O4/c1-19(21-9-7-10-23(14-21)35-28(41)15-22-8-5-6-11-25(22)33)34-30(42)27-16-24(40)17-38(27)31(43)29(32(2,3)4)39-18-26(36-37-39)20-12-13-20/h5-11,14,18-20,24,27,29,40H,12-13,15-17H2,1-4H3,(H,34,42)(H,35,41)/t19?,24-,27+,29-/m1/s1. The lowest BCUT2D eigenvalue weighted by Crippen LogP contribution is -2.50. The smallest absolute Gasteiger partial charge is 0.248 e. The van der Waals surface area contributed by atoms with Crippen LogP contribution in [0.25, 0.3) is 0 Å². The number of hydrogen-bond acceptors (Lipinski definition) is 6. The minimum atomic E-state index is -0.857. The minimum absolute atomic E-state index is 0.0472. The van der Waals surface area contributed by atoms with Crippen molar-refractivity contribution in [3.05, 3.63) is 77.4 Å². The maximum atomic E-state index is 14.0. The van der Waals surface area contributed by atoms with Gasteiger partial charge in [0, 0.05) is 30.8 Å². The van der Waals surface area contributed by atoms with Gasteiger partial charge in [0.25, 0.3) is 0 Å². The number of likely N-dealkylation sites (tertiary alicyclic amines) is 1. The van der Waals surface area contributed by atoms with Crippen molar-refractivity contribution < 1.29 is 23.9 Å². The van der Waals surface area contributed by atoms with Gasteiger partial charge >= 0.3 is 0 Å². The maximum Gasteiger partial charge on any atom is 0.248 e. The number of anilines is 1. The average Bonchev–Trinajstić information content (AvgIpc) is 3.55. The summed E-state index contributed by atoms with van der Waals surface area (Å²) in [6.07, 6.45) is 3.14. The SMILES string of the molecule is CC(NC(=O)[C@@H]1C[C@@H](O)CN1C(=O)[C@@H](n1cc(C2CC2)nn1)C(C)(C)C)c1cccc(NC(=O)Cc2ccccc2F)c1. The van der Waals surface area contributed by atoms with Crippen LogP contribution in [-0.2, 0) is 20.8 Å². The first-order valence-corrected chi connectivity index (χ1v) is 14.7. The van der Waals surface area contributed by atoms with Gasteiger partial charge in [0.1, 0.15) is 17.9 Å². The molecular weight excluding hydrogens is 551 g/mol. The highest BCUT2D eigenvalue weighted by molar-refractivity contribution is 5.92. The number of amides is 3. The van der Waals surface area contributed by atoms with E-state index >= 15 is 0 Å². The Labute approximate surface area is 250 Å². The summed E-state index contributed by atoms with van der Waals surface area (Å²) in [6, 6.07) is 11.2. The number of carbonyl (C=O) groups excluding carboxylic acids is 3. The Morgan fingerprint density at radius 1 is 1.12 bits per heavy atom. The van der Waals surface area contributed by atoms with Crippen molar-refractivity contribution in [1.29, 1.82) is 0 Å². The summed E-state index contributed by atoms with van der Waals surface area (Å²) in [7, 11) is 0. The fourth-order valence-electron chi connectivity index (χ4n) is 5.62. The van der Waals surface area contributed by atoms with Gasteiger partial charge < -0.3 is 20.6 Å². The topological polar surface area (TPSA) is 129 Å². The van der Waals surface area contributed by atoms with Crippen molar-refractivity contribution in [2.45, 2.75) is 83.5 Å². The Morgan fingerprint density at radius 3 is 2.56 bits per heavy atom. The quantitative estimate of drug-likeness (QED) is 0.347. The second-order valence-corrected chi connectivity index (χ2v) is 12.7. The van der Waals surface area contributed by atoms with E-state index in [0.717, 1.165) is 24.1 Å². The number of halogens is 1. The number of carbonyl (C=O) groups is 3. The summed E-state index contributed by atoms with van der Waals surface area (Å²) in [4.78, 5) is 41.5. The number of rotatable bonds is 9. The molecule has 10 nitrogen and oxygen atoms in total. The molecule has 3 amide bonds. The molecule has 1 saturated carbocycles. The Kier molecular flexibility index (Phi) is 8.64. The first kappa shape index (κ1) is 30.3. The Morgan fingerprint density at radius 2 is 1.86 bits per heavy atom. The lowest BCUT2D eigenvalue weighted by atomic mass is 9.85. The van der Waals surface area contributed by atoms with Gasteiger partial charge in [0.15, 0.2) is 0 Å². The fourth-order valence-corrected chi connectivity index (χ4v) is 5.62. The number of benzene rings is 2. The second kappa shape index (κ2) is 12.2. The van der Waals surface area contributed by atoms with E-state index in [9.17, 15) is 23.9 Å². The van der Waals surface area contributed by atoms with Crippen LogP contribution >= 0.6 is 0 Å². The van der Waals surface area contributed by atoms with Crippen molar-refractivity contribution >= 4 is 23.4 Å². The third-order valence-corrected chi connectivity index (χ3v) is 8.05. The van der Waals surface area contributed by atoms with Gasteiger partial charge in [-0.15, -0.1) is 5.10 Å². The average molecular weight is 591 g/mol. The molecule has 4 atom stereocenters. The van der Waals surface area contributed by atoms with Crippen molar-refractivity contribution in [3.63, 3.8) is 0 Å². The zero-order valence-corrected chi connectivity index (χ0v) is 25.0. The van der Waals surface area contributed by atoms with E-state index in [1.54, 1.807) is 41.1 Å². The molecule has 0 radical (unpaired) electrons. The molecule has 3 aromatic rings. The van der Waals surface area contributed by atoms with E-state index in [-0.39, 0.29) is 37.1 Å². The Hall–Kier alpha value is -4.12. The molecule has 0 spiro atoms. The molecule has 1 saturated heterocycles. The Bertz CT molecular complexity index is 1500. The molecule has 1 unspecified atom stereocenters. The van der Waals surface area contributed by atoms with E-state index in [2.05, 4.69) is 20.9 Å². The number of aliphatic hydroxyl groups is 1. The first-order chi connectivity index (χ1) is 20.4. The molecule has 0 bridgehead atoms. The molecular formula is C32H39FN6O4. The molecule has 2 heterocycles. The molecule has 1 aliphatic carbocycles. The zero-order chi connectivity index (χ0) is 30.9. The van der Waals surface area contributed by atoms with Crippen LogP contribution in [0.5, 0.6) is 0 Å². The van der Waals surface area contributed by atoms with Gasteiger partial charge in [0.2, 0.25) is 17.7 Å². The van der Waals surface area contributed by atoms with Crippen molar-refractivity contribution in [1.82, 2.24) is 25.2 Å². The molecule has 2 aliphatic rings. The molecule has 3 N–H and O–H groups in total. The third-order valence-electron chi connectivity index (χ3n) is 8.05. The molecule has 11 heteroatoms. The van der Waals surface area contributed by atoms with Gasteiger partial charge in [0.05, 0.1) is 24.3 Å².